The Kier molecular flexibility index (Phi) is 7.58. The Balaban J connectivity index is 2.46. The van der Waals surface area contributed by atoms with Crippen LogP contribution in [0.2, 0.25) is 0 Å². The van der Waals surface area contributed by atoms with E-state index >= 15 is 0 Å². The largest absolute Gasteiger partial charge is 0.394 e. The van der Waals surface area contributed by atoms with E-state index in [0.717, 1.165) is 5.56 Å². The number of rotatable bonds is 9. The van der Waals surface area contributed by atoms with Gasteiger partial charge in [0.05, 0.1) is 39.6 Å². The summed E-state index contributed by atoms with van der Waals surface area (Å²) in [5.74, 6) is 0.134. The van der Waals surface area contributed by atoms with Crippen LogP contribution in [0.3, 0.4) is 0 Å². The van der Waals surface area contributed by atoms with Gasteiger partial charge < -0.3 is 19.7 Å². The minimum absolute atomic E-state index is 0.0268. The van der Waals surface area contributed by atoms with Crippen molar-refractivity contribution in [3.63, 3.8) is 0 Å². The van der Waals surface area contributed by atoms with Crippen LogP contribution in [-0.2, 0) is 9.47 Å². The summed E-state index contributed by atoms with van der Waals surface area (Å²) >= 11 is 0. The molecule has 4 heteroatoms. The highest BCUT2D eigenvalue weighted by Gasteiger charge is 2.11. The molecular formula is C13H20O4. The van der Waals surface area contributed by atoms with E-state index in [1.54, 1.807) is 0 Å². The van der Waals surface area contributed by atoms with Gasteiger partial charge in [-0.3, -0.25) is 0 Å². The van der Waals surface area contributed by atoms with E-state index in [1.165, 1.54) is 0 Å². The SMILES string of the molecule is OCCOCC(COCCO)c1ccccc1. The zero-order valence-corrected chi connectivity index (χ0v) is 9.92. The lowest BCUT2D eigenvalue weighted by atomic mass is 10.0. The number of aliphatic hydroxyl groups is 2. The molecule has 1 aromatic rings. The van der Waals surface area contributed by atoms with E-state index in [9.17, 15) is 0 Å². The Hall–Kier alpha value is -0.940. The third-order valence-electron chi connectivity index (χ3n) is 2.38. The summed E-state index contributed by atoms with van der Waals surface area (Å²) in [4.78, 5) is 0. The third kappa shape index (κ3) is 5.79. The second-order valence-electron chi connectivity index (χ2n) is 3.70. The summed E-state index contributed by atoms with van der Waals surface area (Å²) in [6.07, 6.45) is 0. The first kappa shape index (κ1) is 14.1. The fourth-order valence-electron chi connectivity index (χ4n) is 1.55. The average molecular weight is 240 g/mol. The minimum Gasteiger partial charge on any atom is -0.394 e. The van der Waals surface area contributed by atoms with Gasteiger partial charge in [0.2, 0.25) is 0 Å². The molecule has 0 fully saturated rings. The molecule has 0 aliphatic carbocycles. The molecule has 2 N–H and O–H groups in total. The van der Waals surface area contributed by atoms with E-state index in [4.69, 9.17) is 19.7 Å². The Morgan fingerprint density at radius 2 is 1.41 bits per heavy atom. The number of benzene rings is 1. The Labute approximate surface area is 102 Å². The van der Waals surface area contributed by atoms with Gasteiger partial charge in [-0.05, 0) is 5.56 Å². The van der Waals surface area contributed by atoms with Crippen LogP contribution >= 0.6 is 0 Å². The first-order chi connectivity index (χ1) is 8.38. The van der Waals surface area contributed by atoms with Crippen molar-refractivity contribution in [2.24, 2.45) is 0 Å². The lowest BCUT2D eigenvalue weighted by Gasteiger charge is -2.17. The van der Waals surface area contributed by atoms with E-state index in [2.05, 4.69) is 0 Å². The van der Waals surface area contributed by atoms with Crippen LogP contribution in [0.15, 0.2) is 30.3 Å². The predicted octanol–water partition coefficient (Wildman–Crippen LogP) is 0.788. The van der Waals surface area contributed by atoms with Crippen molar-refractivity contribution >= 4 is 0 Å². The van der Waals surface area contributed by atoms with Crippen LogP contribution in [-0.4, -0.2) is 49.9 Å². The molecule has 0 saturated heterocycles. The summed E-state index contributed by atoms with van der Waals surface area (Å²) in [7, 11) is 0. The summed E-state index contributed by atoms with van der Waals surface area (Å²) in [5, 5.41) is 17.3. The predicted molar refractivity (Wildman–Crippen MR) is 65.0 cm³/mol. The molecule has 0 atom stereocenters. The van der Waals surface area contributed by atoms with E-state index < -0.39 is 0 Å². The Morgan fingerprint density at radius 3 is 1.88 bits per heavy atom. The van der Waals surface area contributed by atoms with Crippen LogP contribution < -0.4 is 0 Å². The summed E-state index contributed by atoms with van der Waals surface area (Å²) < 4.78 is 10.7. The average Bonchev–Trinajstić information content (AvgIpc) is 2.38. The van der Waals surface area contributed by atoms with Crippen molar-refractivity contribution in [3.8, 4) is 0 Å². The molecule has 17 heavy (non-hydrogen) atoms. The van der Waals surface area contributed by atoms with E-state index in [0.29, 0.717) is 26.4 Å². The number of hydrogen-bond donors (Lipinski definition) is 2. The molecule has 0 heterocycles. The molecule has 0 aliphatic rings. The maximum atomic E-state index is 8.67. The Bertz CT molecular complexity index is 266. The molecule has 0 unspecified atom stereocenters. The standard InChI is InChI=1S/C13H20O4/c14-6-8-16-10-13(11-17-9-7-15)12-4-2-1-3-5-12/h1-5,13-15H,6-11H2. The van der Waals surface area contributed by atoms with Crippen molar-refractivity contribution in [2.75, 3.05) is 39.6 Å². The number of aliphatic hydroxyl groups excluding tert-OH is 2. The summed E-state index contributed by atoms with van der Waals surface area (Å²) in [6, 6.07) is 9.95. The molecular weight excluding hydrogens is 220 g/mol. The molecule has 1 aromatic carbocycles. The number of hydrogen-bond acceptors (Lipinski definition) is 4. The van der Waals surface area contributed by atoms with Gasteiger partial charge >= 0.3 is 0 Å². The van der Waals surface area contributed by atoms with Crippen molar-refractivity contribution in [2.45, 2.75) is 5.92 Å². The van der Waals surface area contributed by atoms with Crippen LogP contribution in [0.1, 0.15) is 11.5 Å². The molecule has 0 radical (unpaired) electrons. The second kappa shape index (κ2) is 9.13. The van der Waals surface area contributed by atoms with Crippen molar-refractivity contribution in [1.82, 2.24) is 0 Å². The highest BCUT2D eigenvalue weighted by atomic mass is 16.5. The monoisotopic (exact) mass is 240 g/mol. The van der Waals surface area contributed by atoms with Crippen molar-refractivity contribution < 1.29 is 19.7 Å². The highest BCUT2D eigenvalue weighted by Crippen LogP contribution is 2.16. The molecule has 0 bridgehead atoms. The van der Waals surface area contributed by atoms with Crippen LogP contribution in [0.4, 0.5) is 0 Å². The second-order valence-corrected chi connectivity index (χ2v) is 3.70. The molecule has 4 nitrogen and oxygen atoms in total. The molecule has 0 spiro atoms. The molecule has 0 amide bonds. The van der Waals surface area contributed by atoms with Crippen LogP contribution in [0.25, 0.3) is 0 Å². The minimum atomic E-state index is 0.0268. The lowest BCUT2D eigenvalue weighted by Crippen LogP contribution is -2.17. The quantitative estimate of drug-likeness (QED) is 0.626. The van der Waals surface area contributed by atoms with Gasteiger partial charge in [-0.15, -0.1) is 0 Å². The van der Waals surface area contributed by atoms with E-state index in [1.807, 2.05) is 30.3 Å². The number of ether oxygens (including phenoxy) is 2. The summed E-state index contributed by atoms with van der Waals surface area (Å²) in [6.45, 7) is 1.75. The first-order valence-electron chi connectivity index (χ1n) is 5.80. The van der Waals surface area contributed by atoms with Gasteiger partial charge in [-0.2, -0.15) is 0 Å². The van der Waals surface area contributed by atoms with E-state index in [-0.39, 0.29) is 19.1 Å². The first-order valence-corrected chi connectivity index (χ1v) is 5.80. The van der Waals surface area contributed by atoms with Gasteiger partial charge in [-0.1, -0.05) is 30.3 Å². The fourth-order valence-corrected chi connectivity index (χ4v) is 1.55. The third-order valence-corrected chi connectivity index (χ3v) is 2.38. The van der Waals surface area contributed by atoms with Gasteiger partial charge in [0, 0.05) is 5.92 Å². The maximum absolute atomic E-state index is 8.67. The van der Waals surface area contributed by atoms with Gasteiger partial charge in [0.25, 0.3) is 0 Å². The highest BCUT2D eigenvalue weighted by molar-refractivity contribution is 5.19. The normalized spacial score (nSPS) is 11.0. The van der Waals surface area contributed by atoms with Crippen LogP contribution in [0.5, 0.6) is 0 Å². The molecule has 0 aliphatic heterocycles. The molecule has 0 saturated carbocycles. The molecule has 0 aromatic heterocycles. The fraction of sp³-hybridized carbons (Fsp3) is 0.538. The smallest absolute Gasteiger partial charge is 0.0698 e. The topological polar surface area (TPSA) is 58.9 Å². The Morgan fingerprint density at radius 1 is 0.882 bits per heavy atom. The van der Waals surface area contributed by atoms with Gasteiger partial charge in [-0.25, -0.2) is 0 Å². The molecule has 96 valence electrons. The van der Waals surface area contributed by atoms with Gasteiger partial charge in [0.15, 0.2) is 0 Å². The van der Waals surface area contributed by atoms with Crippen LogP contribution in [0, 0.1) is 0 Å². The zero-order chi connectivity index (χ0) is 12.3. The molecule has 1 rings (SSSR count). The lowest BCUT2D eigenvalue weighted by molar-refractivity contribution is 0.0389. The zero-order valence-electron chi connectivity index (χ0n) is 9.92. The summed E-state index contributed by atoms with van der Waals surface area (Å²) in [5.41, 5.74) is 1.14. The van der Waals surface area contributed by atoms with Crippen molar-refractivity contribution in [1.29, 1.82) is 0 Å². The van der Waals surface area contributed by atoms with Gasteiger partial charge in [0.1, 0.15) is 0 Å². The maximum Gasteiger partial charge on any atom is 0.0698 e. The van der Waals surface area contributed by atoms with Crippen molar-refractivity contribution in [3.05, 3.63) is 35.9 Å².